The number of thiophene rings is 1. The fourth-order valence-corrected chi connectivity index (χ4v) is 1.89. The maximum atomic E-state index is 11.7. The van der Waals surface area contributed by atoms with Gasteiger partial charge in [-0.1, -0.05) is 0 Å². The highest BCUT2D eigenvalue weighted by molar-refractivity contribution is 7.08. The van der Waals surface area contributed by atoms with E-state index in [-0.39, 0.29) is 12.5 Å². The Morgan fingerprint density at radius 3 is 2.50 bits per heavy atom. The summed E-state index contributed by atoms with van der Waals surface area (Å²) in [7, 11) is 0. The summed E-state index contributed by atoms with van der Waals surface area (Å²) in [5.41, 5.74) is 0.585. The van der Waals surface area contributed by atoms with Crippen LogP contribution < -0.4 is 5.32 Å². The average Bonchev–Trinajstić information content (AvgIpc) is 2.61. The number of carbonyl (C=O) groups excluding carboxylic acids is 1. The molecule has 1 heterocycles. The molecule has 0 aliphatic rings. The minimum Gasteiger partial charge on any atom is -0.481 e. The van der Waals surface area contributed by atoms with Crippen LogP contribution in [0.3, 0.4) is 0 Å². The number of aliphatic carboxylic acids is 1. The van der Waals surface area contributed by atoms with Crippen LogP contribution in [0.4, 0.5) is 0 Å². The molecule has 2 N–H and O–H groups in total. The molecule has 5 heteroatoms. The fourth-order valence-electron chi connectivity index (χ4n) is 1.07. The third-order valence-corrected chi connectivity index (χ3v) is 3.23. The van der Waals surface area contributed by atoms with Crippen molar-refractivity contribution in [2.75, 3.05) is 6.54 Å². The Kier molecular flexibility index (Phi) is 3.70. The monoisotopic (exact) mass is 241 g/mol. The van der Waals surface area contributed by atoms with Crippen LogP contribution in [0.5, 0.6) is 0 Å². The Balaban J connectivity index is 2.61. The molecule has 16 heavy (non-hydrogen) atoms. The first-order valence-electron chi connectivity index (χ1n) is 4.89. The van der Waals surface area contributed by atoms with E-state index in [1.807, 2.05) is 12.3 Å². The molecule has 0 unspecified atom stereocenters. The SMILES string of the molecule is Cc1cscc1C(=O)NCC(C)(C)C(=O)O. The van der Waals surface area contributed by atoms with Gasteiger partial charge in [0.25, 0.3) is 5.91 Å². The summed E-state index contributed by atoms with van der Waals surface area (Å²) < 4.78 is 0. The quantitative estimate of drug-likeness (QED) is 0.846. The van der Waals surface area contributed by atoms with Crippen LogP contribution in [0.15, 0.2) is 10.8 Å². The smallest absolute Gasteiger partial charge is 0.310 e. The van der Waals surface area contributed by atoms with Crippen molar-refractivity contribution < 1.29 is 14.7 Å². The van der Waals surface area contributed by atoms with E-state index in [9.17, 15) is 9.59 Å². The number of carbonyl (C=O) groups is 2. The lowest BCUT2D eigenvalue weighted by Crippen LogP contribution is -2.38. The average molecular weight is 241 g/mol. The standard InChI is InChI=1S/C11H15NO3S/c1-7-4-16-5-8(7)9(13)12-6-11(2,3)10(14)15/h4-5H,6H2,1-3H3,(H,12,13)(H,14,15). The van der Waals surface area contributed by atoms with Gasteiger partial charge in [-0.25, -0.2) is 0 Å². The molecule has 4 nitrogen and oxygen atoms in total. The van der Waals surface area contributed by atoms with Crippen LogP contribution in [0.2, 0.25) is 0 Å². The van der Waals surface area contributed by atoms with Crippen molar-refractivity contribution in [3.8, 4) is 0 Å². The first kappa shape index (κ1) is 12.7. The van der Waals surface area contributed by atoms with Gasteiger partial charge in [0.05, 0.1) is 11.0 Å². The van der Waals surface area contributed by atoms with Crippen molar-refractivity contribution in [2.24, 2.45) is 5.41 Å². The Morgan fingerprint density at radius 1 is 1.44 bits per heavy atom. The van der Waals surface area contributed by atoms with Crippen LogP contribution in [-0.2, 0) is 4.79 Å². The van der Waals surface area contributed by atoms with E-state index in [0.717, 1.165) is 5.56 Å². The lowest BCUT2D eigenvalue weighted by atomic mass is 9.94. The molecule has 0 aliphatic heterocycles. The molecule has 0 fully saturated rings. The highest BCUT2D eigenvalue weighted by Gasteiger charge is 2.27. The van der Waals surface area contributed by atoms with Gasteiger partial charge in [0.2, 0.25) is 0 Å². The van der Waals surface area contributed by atoms with Crippen molar-refractivity contribution in [1.82, 2.24) is 5.32 Å². The van der Waals surface area contributed by atoms with E-state index in [4.69, 9.17) is 5.11 Å². The number of amides is 1. The van der Waals surface area contributed by atoms with Gasteiger partial charge in [-0.2, -0.15) is 11.3 Å². The first-order valence-corrected chi connectivity index (χ1v) is 5.83. The van der Waals surface area contributed by atoms with Crippen molar-refractivity contribution in [2.45, 2.75) is 20.8 Å². The minimum absolute atomic E-state index is 0.121. The number of hydrogen-bond donors (Lipinski definition) is 2. The molecule has 0 bridgehead atoms. The number of nitrogens with one attached hydrogen (secondary N) is 1. The summed E-state index contributed by atoms with van der Waals surface area (Å²) >= 11 is 1.46. The molecule has 1 aromatic rings. The second kappa shape index (κ2) is 4.65. The number of hydrogen-bond acceptors (Lipinski definition) is 3. The molecule has 0 spiro atoms. The molecule has 88 valence electrons. The highest BCUT2D eigenvalue weighted by Crippen LogP contribution is 2.16. The van der Waals surface area contributed by atoms with E-state index in [1.165, 1.54) is 11.3 Å². The molecule has 0 aliphatic carbocycles. The van der Waals surface area contributed by atoms with E-state index in [1.54, 1.807) is 19.2 Å². The maximum absolute atomic E-state index is 11.7. The molecular formula is C11H15NO3S. The lowest BCUT2D eigenvalue weighted by molar-refractivity contribution is -0.146. The molecular weight excluding hydrogens is 226 g/mol. The van der Waals surface area contributed by atoms with Gasteiger partial charge in [0, 0.05) is 11.9 Å². The minimum atomic E-state index is -0.945. The summed E-state index contributed by atoms with van der Waals surface area (Å²) in [6.45, 7) is 5.14. The second-order valence-corrected chi connectivity index (χ2v) is 5.08. The Morgan fingerprint density at radius 2 is 2.06 bits per heavy atom. The van der Waals surface area contributed by atoms with Gasteiger partial charge in [-0.3, -0.25) is 9.59 Å². The third-order valence-electron chi connectivity index (χ3n) is 2.37. The Bertz CT molecular complexity index is 409. The van der Waals surface area contributed by atoms with Crippen LogP contribution in [0.1, 0.15) is 29.8 Å². The third kappa shape index (κ3) is 2.82. The molecule has 1 rings (SSSR count). The highest BCUT2D eigenvalue weighted by atomic mass is 32.1. The maximum Gasteiger partial charge on any atom is 0.310 e. The zero-order valence-corrected chi connectivity index (χ0v) is 10.4. The molecule has 0 radical (unpaired) electrons. The van der Waals surface area contributed by atoms with Crippen LogP contribution in [0.25, 0.3) is 0 Å². The normalized spacial score (nSPS) is 11.2. The van der Waals surface area contributed by atoms with E-state index < -0.39 is 11.4 Å². The lowest BCUT2D eigenvalue weighted by Gasteiger charge is -2.19. The van der Waals surface area contributed by atoms with E-state index in [0.29, 0.717) is 5.56 Å². The van der Waals surface area contributed by atoms with Crippen LogP contribution >= 0.6 is 11.3 Å². The summed E-state index contributed by atoms with van der Waals surface area (Å²) in [6, 6.07) is 0. The molecule has 1 aromatic heterocycles. The fraction of sp³-hybridized carbons (Fsp3) is 0.455. The van der Waals surface area contributed by atoms with Gasteiger partial charge < -0.3 is 10.4 Å². The molecule has 0 atom stereocenters. The largest absolute Gasteiger partial charge is 0.481 e. The summed E-state index contributed by atoms with van der Waals surface area (Å²) in [5, 5.41) is 15.2. The predicted octanol–water partition coefficient (Wildman–Crippen LogP) is 1.90. The van der Waals surface area contributed by atoms with Crippen molar-refractivity contribution in [3.63, 3.8) is 0 Å². The van der Waals surface area contributed by atoms with Crippen molar-refractivity contribution in [3.05, 3.63) is 21.9 Å². The van der Waals surface area contributed by atoms with Crippen molar-refractivity contribution >= 4 is 23.2 Å². The summed E-state index contributed by atoms with van der Waals surface area (Å²) in [6.07, 6.45) is 0. The summed E-state index contributed by atoms with van der Waals surface area (Å²) in [4.78, 5) is 22.5. The Labute approximate surface area is 98.3 Å². The van der Waals surface area contributed by atoms with Gasteiger partial charge >= 0.3 is 5.97 Å². The van der Waals surface area contributed by atoms with Crippen LogP contribution in [0, 0.1) is 12.3 Å². The number of rotatable bonds is 4. The van der Waals surface area contributed by atoms with Gasteiger partial charge in [0.1, 0.15) is 0 Å². The molecule has 0 saturated heterocycles. The number of aryl methyl sites for hydroxylation is 1. The molecule has 1 amide bonds. The van der Waals surface area contributed by atoms with Gasteiger partial charge in [-0.15, -0.1) is 0 Å². The first-order chi connectivity index (χ1) is 7.34. The predicted molar refractivity (Wildman–Crippen MR) is 62.8 cm³/mol. The Hall–Kier alpha value is -1.36. The summed E-state index contributed by atoms with van der Waals surface area (Å²) in [5.74, 6) is -1.14. The van der Waals surface area contributed by atoms with E-state index >= 15 is 0 Å². The number of carboxylic acids is 1. The topological polar surface area (TPSA) is 66.4 Å². The number of carboxylic acid groups (broad SMARTS) is 1. The van der Waals surface area contributed by atoms with Crippen molar-refractivity contribution in [1.29, 1.82) is 0 Å². The zero-order valence-electron chi connectivity index (χ0n) is 9.53. The van der Waals surface area contributed by atoms with Gasteiger partial charge in [0.15, 0.2) is 0 Å². The van der Waals surface area contributed by atoms with Crippen LogP contribution in [-0.4, -0.2) is 23.5 Å². The zero-order chi connectivity index (χ0) is 12.3. The van der Waals surface area contributed by atoms with E-state index in [2.05, 4.69) is 5.32 Å². The molecule has 0 aromatic carbocycles. The van der Waals surface area contributed by atoms with Gasteiger partial charge in [-0.05, 0) is 31.7 Å². The second-order valence-electron chi connectivity index (χ2n) is 4.34. The molecule has 0 saturated carbocycles.